The van der Waals surface area contributed by atoms with E-state index >= 15 is 4.79 Å². The Morgan fingerprint density at radius 1 is 0.653 bits per heavy atom. The Morgan fingerprint density at radius 2 is 1.25 bits per heavy atom. The molecule has 512 valence electrons. The van der Waals surface area contributed by atoms with Crippen molar-refractivity contribution in [2.75, 3.05) is 19.6 Å². The zero-order valence-electron chi connectivity index (χ0n) is 54.2. The topological polar surface area (TPSA) is 432 Å². The second-order valence-electron chi connectivity index (χ2n) is 24.4. The van der Waals surface area contributed by atoms with E-state index in [9.17, 15) is 52.7 Å². The number of aliphatic imine (C=N–C) groups is 1. The number of carbonyl (C=O) groups excluding carboxylic acids is 12. The molecule has 6 rings (SSSR count). The van der Waals surface area contributed by atoms with E-state index in [1.807, 2.05) is 50.2 Å². The number of guanidine groups is 1. The number of halogens is 1. The molecule has 2 aliphatic rings. The first-order valence-corrected chi connectivity index (χ1v) is 32.4. The summed E-state index contributed by atoms with van der Waals surface area (Å²) in [6.45, 7) is 7.76. The number of primary amides is 1. The smallest absolute Gasteiger partial charge is 0.245 e. The van der Waals surface area contributed by atoms with Crippen molar-refractivity contribution in [1.29, 1.82) is 0 Å². The fraction of sp³-hybridized carbons (Fsp3) is 0.485. The summed E-state index contributed by atoms with van der Waals surface area (Å²) in [5, 5.41) is 29.3. The van der Waals surface area contributed by atoms with Crippen molar-refractivity contribution in [1.82, 2.24) is 63.1 Å². The van der Waals surface area contributed by atoms with Crippen LogP contribution in [0, 0.1) is 5.92 Å². The molecule has 0 unspecified atom stereocenters. The lowest BCUT2D eigenvalue weighted by Gasteiger charge is -2.31. The first-order chi connectivity index (χ1) is 45.2. The number of rotatable bonds is 17. The normalized spacial score (nSPS) is 23.2. The molecule has 0 radical (unpaired) electrons. The van der Waals surface area contributed by atoms with Crippen LogP contribution in [-0.2, 0) is 76.8 Å². The van der Waals surface area contributed by atoms with Gasteiger partial charge in [0.2, 0.25) is 70.9 Å². The van der Waals surface area contributed by atoms with Crippen LogP contribution in [0.3, 0.4) is 0 Å². The zero-order valence-corrected chi connectivity index (χ0v) is 54.9. The molecule has 3 aromatic carbocycles. The molecule has 0 bridgehead atoms. The Labute approximate surface area is 556 Å². The number of fused-ring (bicyclic) bond motifs is 1. The largest absolute Gasteiger partial charge is 0.370 e. The lowest BCUT2D eigenvalue weighted by atomic mass is 9.98. The molecular weight excluding hydrogens is 1240 g/mol. The number of hydrogen-bond acceptors (Lipinski definition) is 14. The monoisotopic (exact) mass is 1330 g/mol. The lowest BCUT2D eigenvalue weighted by Crippen LogP contribution is -2.61. The van der Waals surface area contributed by atoms with Gasteiger partial charge in [0.15, 0.2) is 5.96 Å². The molecular formula is C66H89ClN16O12. The van der Waals surface area contributed by atoms with Crippen LogP contribution in [0.4, 0.5) is 0 Å². The number of aromatic nitrogens is 1. The maximum atomic E-state index is 15.1. The van der Waals surface area contributed by atoms with E-state index in [0.29, 0.717) is 28.1 Å². The highest BCUT2D eigenvalue weighted by Gasteiger charge is 2.40. The molecule has 12 amide bonds. The van der Waals surface area contributed by atoms with E-state index in [1.54, 1.807) is 42.5 Å². The molecule has 3 heterocycles. The highest BCUT2D eigenvalue weighted by molar-refractivity contribution is 6.30. The SMILES string of the molecule is CC(=O)N[C@H]1CCC(=O)NCCCC[C@@H](C(=O)N2CCC[C@H]2C(=O)N[C@@H](C)C(N)=O)NC(=O)[C@H](CC(C)C)NC(=O)[C@H](Cc2ccc3ccccc3c2)NC(=O)[C@H](CCCN=C(N)N)NC(=O)[C@H](C)NC(=O)[C@H](Cc2cccnc2)NC(=O)[C@H](Cc2ccc(Cl)cc2)NC1=O. The van der Waals surface area contributed by atoms with Crippen molar-refractivity contribution in [3.8, 4) is 0 Å². The average Bonchev–Trinajstić information content (AvgIpc) is 1.84. The van der Waals surface area contributed by atoms with Gasteiger partial charge in [-0.2, -0.15) is 0 Å². The summed E-state index contributed by atoms with van der Waals surface area (Å²) in [6, 6.07) is 9.49. The minimum absolute atomic E-state index is 0.0184. The number of nitrogens with one attached hydrogen (secondary N) is 10. The number of carbonyl (C=O) groups is 12. The van der Waals surface area contributed by atoms with Gasteiger partial charge in [-0.25, -0.2) is 0 Å². The number of benzene rings is 3. The van der Waals surface area contributed by atoms with Gasteiger partial charge in [0.05, 0.1) is 0 Å². The molecule has 2 saturated heterocycles. The molecule has 28 nitrogen and oxygen atoms in total. The third kappa shape index (κ3) is 24.0. The van der Waals surface area contributed by atoms with Crippen molar-refractivity contribution in [2.45, 2.75) is 179 Å². The summed E-state index contributed by atoms with van der Waals surface area (Å²) >= 11 is 6.21. The van der Waals surface area contributed by atoms with E-state index in [2.05, 4.69) is 63.1 Å². The van der Waals surface area contributed by atoms with Crippen LogP contribution in [0.2, 0.25) is 5.02 Å². The molecule has 0 aliphatic carbocycles. The molecule has 2 fully saturated rings. The molecule has 95 heavy (non-hydrogen) atoms. The molecule has 4 aromatic rings. The predicted octanol–water partition coefficient (Wildman–Crippen LogP) is -0.00470. The van der Waals surface area contributed by atoms with Gasteiger partial charge in [0.25, 0.3) is 0 Å². The number of pyridine rings is 1. The van der Waals surface area contributed by atoms with E-state index in [1.165, 1.54) is 38.1 Å². The van der Waals surface area contributed by atoms with Crippen LogP contribution >= 0.6 is 11.6 Å². The van der Waals surface area contributed by atoms with Crippen LogP contribution < -0.4 is 70.4 Å². The molecule has 10 atom stereocenters. The van der Waals surface area contributed by atoms with Gasteiger partial charge < -0.3 is 75.3 Å². The average molecular weight is 1330 g/mol. The van der Waals surface area contributed by atoms with Crippen LogP contribution in [0.1, 0.15) is 116 Å². The maximum Gasteiger partial charge on any atom is 0.245 e. The van der Waals surface area contributed by atoms with E-state index < -0.39 is 131 Å². The summed E-state index contributed by atoms with van der Waals surface area (Å²) in [4.78, 5) is 179. The predicted molar refractivity (Wildman–Crippen MR) is 355 cm³/mol. The maximum absolute atomic E-state index is 15.1. The first kappa shape index (κ1) is 74.3. The standard InChI is InChI=1S/C66H89ClN16O12/c1-37(2)31-50-61(91)78-49(65(95)83-30-12-18-54(83)64(94)74-38(3)56(68)86)16-8-9-28-72-55(85)26-25-48(76-40(5)84)59(89)80-51(33-41-20-23-46(67)24-21-41)62(92)82-53(35-43-13-10-27-71-36-43)60(90)75-39(4)57(87)77-47(17-11-29-73-66(69)70)58(88)81-52(63(93)79-50)34-42-19-22-44-14-6-7-15-45(44)32-42/h6-7,10,13-15,19-24,27,32,36-39,47-54H,8-9,11-12,16-18,25-26,28-31,33-35H2,1-5H3,(H2,68,86)(H,72,85)(H,74,94)(H,75,90)(H,76,84)(H,77,87)(H,78,91)(H,79,93)(H,80,89)(H,81,88)(H,82,92)(H4,69,70,73)/t38-,39-,47-,48-,49-,50-,51-,52-,53-,54-/m0/s1. The van der Waals surface area contributed by atoms with E-state index in [4.69, 9.17) is 28.8 Å². The first-order valence-electron chi connectivity index (χ1n) is 32.0. The van der Waals surface area contributed by atoms with Crippen LogP contribution in [0.5, 0.6) is 0 Å². The van der Waals surface area contributed by atoms with Gasteiger partial charge in [-0.1, -0.05) is 86.1 Å². The second kappa shape index (κ2) is 36.6. The summed E-state index contributed by atoms with van der Waals surface area (Å²) in [6.07, 6.45) is 3.14. The highest BCUT2D eigenvalue weighted by atomic mass is 35.5. The zero-order chi connectivity index (χ0) is 69.3. The quantitative estimate of drug-likeness (QED) is 0.0376. The Bertz CT molecular complexity index is 3410. The van der Waals surface area contributed by atoms with Crippen molar-refractivity contribution < 1.29 is 57.5 Å². The molecule has 2 aliphatic heterocycles. The molecule has 1 aromatic heterocycles. The van der Waals surface area contributed by atoms with Gasteiger partial charge in [-0.05, 0) is 123 Å². The summed E-state index contributed by atoms with van der Waals surface area (Å²) in [5.74, 6) is -9.52. The fourth-order valence-electron chi connectivity index (χ4n) is 11.1. The van der Waals surface area contributed by atoms with Gasteiger partial charge >= 0.3 is 0 Å². The minimum Gasteiger partial charge on any atom is -0.370 e. The van der Waals surface area contributed by atoms with Crippen LogP contribution in [0.15, 0.2) is 96.2 Å². The third-order valence-corrected chi connectivity index (χ3v) is 16.4. The van der Waals surface area contributed by atoms with Gasteiger partial charge in [-0.3, -0.25) is 67.5 Å². The Hall–Kier alpha value is -9.73. The van der Waals surface area contributed by atoms with Gasteiger partial charge in [-0.15, -0.1) is 0 Å². The number of amides is 12. The minimum atomic E-state index is -1.43. The highest BCUT2D eigenvalue weighted by Crippen LogP contribution is 2.22. The van der Waals surface area contributed by atoms with Crippen molar-refractivity contribution >= 4 is 99.2 Å². The van der Waals surface area contributed by atoms with Crippen molar-refractivity contribution in [3.63, 3.8) is 0 Å². The van der Waals surface area contributed by atoms with E-state index in [0.717, 1.165) is 10.8 Å². The van der Waals surface area contributed by atoms with Crippen LogP contribution in [-0.4, -0.2) is 167 Å². The third-order valence-electron chi connectivity index (χ3n) is 16.2. The van der Waals surface area contributed by atoms with Gasteiger partial charge in [0, 0.05) is 69.7 Å². The van der Waals surface area contributed by atoms with E-state index in [-0.39, 0.29) is 109 Å². The fourth-order valence-corrected chi connectivity index (χ4v) is 11.2. The summed E-state index contributed by atoms with van der Waals surface area (Å²) in [7, 11) is 0. The number of hydrogen-bond donors (Lipinski definition) is 13. The summed E-state index contributed by atoms with van der Waals surface area (Å²) < 4.78 is 0. The summed E-state index contributed by atoms with van der Waals surface area (Å²) in [5.41, 5.74) is 18.4. The Morgan fingerprint density at radius 3 is 1.89 bits per heavy atom. The van der Waals surface area contributed by atoms with Crippen LogP contribution in [0.25, 0.3) is 10.8 Å². The number of likely N-dealkylation sites (tertiary alicyclic amines) is 1. The van der Waals surface area contributed by atoms with Gasteiger partial charge in [0.1, 0.15) is 60.4 Å². The number of nitrogens with two attached hydrogens (primary N) is 3. The Kier molecular flexibility index (Phi) is 28.7. The molecule has 0 saturated carbocycles. The van der Waals surface area contributed by atoms with Crippen molar-refractivity contribution in [2.24, 2.45) is 28.1 Å². The Balaban J connectivity index is 1.39. The van der Waals surface area contributed by atoms with Crippen molar-refractivity contribution in [3.05, 3.63) is 113 Å². The lowest BCUT2D eigenvalue weighted by molar-refractivity contribution is -0.142. The number of nitrogens with zero attached hydrogens (tertiary/aromatic N) is 3. The molecule has 0 spiro atoms. The molecule has 29 heteroatoms. The second-order valence-corrected chi connectivity index (χ2v) is 24.9. The molecule has 16 N–H and O–H groups in total.